The molecular weight excluding hydrogens is 387 g/mol. The Morgan fingerprint density at radius 2 is 1.03 bits per heavy atom. The average molecular weight is 416 g/mol. The van der Waals surface area contributed by atoms with Gasteiger partial charge in [0.25, 0.3) is 0 Å². The van der Waals surface area contributed by atoms with Gasteiger partial charge >= 0.3 is 7.12 Å². The van der Waals surface area contributed by atoms with Crippen LogP contribution in [-0.4, -0.2) is 18.3 Å². The second kappa shape index (κ2) is 8.78. The minimum atomic E-state index is -0.581. The van der Waals surface area contributed by atoms with Crippen molar-refractivity contribution in [2.24, 2.45) is 0 Å². The number of ether oxygens (including phenoxy) is 2. The van der Waals surface area contributed by atoms with Gasteiger partial charge in [0.1, 0.15) is 24.7 Å². The van der Waals surface area contributed by atoms with E-state index in [1.807, 2.05) is 107 Å². The topological polar surface area (TPSA) is 36.9 Å². The van der Waals surface area contributed by atoms with Crippen LogP contribution in [0.1, 0.15) is 38.8 Å². The summed E-state index contributed by atoms with van der Waals surface area (Å²) in [7, 11) is -0.581. The van der Waals surface area contributed by atoms with Crippen LogP contribution in [0, 0.1) is 0 Å². The van der Waals surface area contributed by atoms with Gasteiger partial charge in [0, 0.05) is 0 Å². The zero-order valence-corrected chi connectivity index (χ0v) is 18.6. The largest absolute Gasteiger partial charge is 0.502 e. The summed E-state index contributed by atoms with van der Waals surface area (Å²) in [4.78, 5) is 0. The predicted molar refractivity (Wildman–Crippen MR) is 124 cm³/mol. The first kappa shape index (κ1) is 21.5. The van der Waals surface area contributed by atoms with Gasteiger partial charge in [-0.25, -0.2) is 0 Å². The van der Waals surface area contributed by atoms with Crippen molar-refractivity contribution >= 4 is 12.6 Å². The maximum atomic E-state index is 6.35. The molecule has 31 heavy (non-hydrogen) atoms. The van der Waals surface area contributed by atoms with Crippen molar-refractivity contribution in [1.29, 1.82) is 0 Å². The lowest BCUT2D eigenvalue weighted by Gasteiger charge is -2.32. The second-order valence-electron chi connectivity index (χ2n) is 8.80. The fourth-order valence-electron chi connectivity index (χ4n) is 3.44. The molecule has 160 valence electrons. The van der Waals surface area contributed by atoms with E-state index in [4.69, 9.17) is 18.8 Å². The van der Waals surface area contributed by atoms with Crippen LogP contribution in [-0.2, 0) is 22.5 Å². The van der Waals surface area contributed by atoms with Crippen LogP contribution in [0.2, 0.25) is 0 Å². The summed E-state index contributed by atoms with van der Waals surface area (Å²) in [5, 5.41) is 0. The Morgan fingerprint density at radius 3 is 1.45 bits per heavy atom. The van der Waals surface area contributed by atoms with Crippen molar-refractivity contribution in [3.8, 4) is 11.5 Å². The Labute approximate surface area is 185 Å². The number of rotatable bonds is 7. The summed E-state index contributed by atoms with van der Waals surface area (Å²) >= 11 is 0. The molecule has 0 aliphatic carbocycles. The second-order valence-corrected chi connectivity index (χ2v) is 8.80. The molecular formula is C26H29BO4. The SMILES string of the molecule is CC1(C)OB(c2c(OCc3ccccc3)cccc2OCc2ccccc2)OC1(C)C. The lowest BCUT2D eigenvalue weighted by Crippen LogP contribution is -2.41. The van der Waals surface area contributed by atoms with Crippen molar-refractivity contribution in [2.75, 3.05) is 0 Å². The van der Waals surface area contributed by atoms with Gasteiger partial charge in [-0.1, -0.05) is 66.7 Å². The fraction of sp³-hybridized carbons (Fsp3) is 0.308. The minimum absolute atomic E-state index is 0.454. The Bertz CT molecular complexity index is 925. The summed E-state index contributed by atoms with van der Waals surface area (Å²) in [6, 6.07) is 26.0. The van der Waals surface area contributed by atoms with E-state index in [0.717, 1.165) is 16.6 Å². The summed E-state index contributed by atoms with van der Waals surface area (Å²) in [6.45, 7) is 9.09. The van der Waals surface area contributed by atoms with E-state index in [1.54, 1.807) is 0 Å². The highest BCUT2D eigenvalue weighted by Gasteiger charge is 2.53. The number of benzene rings is 3. The smallest absolute Gasteiger partial charge is 0.489 e. The van der Waals surface area contributed by atoms with E-state index in [1.165, 1.54) is 0 Å². The molecule has 0 saturated carbocycles. The van der Waals surface area contributed by atoms with Crippen molar-refractivity contribution in [3.63, 3.8) is 0 Å². The lowest BCUT2D eigenvalue weighted by atomic mass is 9.77. The van der Waals surface area contributed by atoms with Gasteiger partial charge < -0.3 is 18.8 Å². The van der Waals surface area contributed by atoms with E-state index < -0.39 is 18.3 Å². The molecule has 0 N–H and O–H groups in total. The van der Waals surface area contributed by atoms with Crippen molar-refractivity contribution in [2.45, 2.75) is 52.1 Å². The first-order valence-corrected chi connectivity index (χ1v) is 10.7. The summed E-state index contributed by atoms with van der Waals surface area (Å²) < 4.78 is 25.2. The Balaban J connectivity index is 1.64. The van der Waals surface area contributed by atoms with Crippen LogP contribution >= 0.6 is 0 Å². The monoisotopic (exact) mass is 416 g/mol. The molecule has 4 nitrogen and oxygen atoms in total. The zero-order valence-electron chi connectivity index (χ0n) is 18.6. The number of hydrogen-bond donors (Lipinski definition) is 0. The van der Waals surface area contributed by atoms with E-state index in [0.29, 0.717) is 24.7 Å². The highest BCUT2D eigenvalue weighted by atomic mass is 16.7. The molecule has 1 fully saturated rings. The molecule has 0 unspecified atom stereocenters. The minimum Gasteiger partial charge on any atom is -0.489 e. The highest BCUT2D eigenvalue weighted by Crippen LogP contribution is 2.38. The molecule has 4 rings (SSSR count). The van der Waals surface area contributed by atoms with Crippen LogP contribution in [0.15, 0.2) is 78.9 Å². The van der Waals surface area contributed by atoms with Crippen LogP contribution in [0.4, 0.5) is 0 Å². The first-order valence-electron chi connectivity index (χ1n) is 10.7. The van der Waals surface area contributed by atoms with Crippen molar-refractivity contribution in [3.05, 3.63) is 90.0 Å². The zero-order chi connectivity index (χ0) is 21.9. The third kappa shape index (κ3) is 4.78. The normalized spacial score (nSPS) is 16.8. The lowest BCUT2D eigenvalue weighted by molar-refractivity contribution is 0.00578. The van der Waals surface area contributed by atoms with E-state index in [-0.39, 0.29) is 0 Å². The van der Waals surface area contributed by atoms with E-state index >= 15 is 0 Å². The maximum Gasteiger partial charge on any atom is 0.502 e. The summed E-state index contributed by atoms with van der Waals surface area (Å²) in [5.74, 6) is 1.40. The van der Waals surface area contributed by atoms with Crippen molar-refractivity contribution in [1.82, 2.24) is 0 Å². The van der Waals surface area contributed by atoms with Gasteiger partial charge in [-0.05, 0) is 51.0 Å². The van der Waals surface area contributed by atoms with Gasteiger partial charge in [-0.3, -0.25) is 0 Å². The molecule has 1 heterocycles. The Kier molecular flexibility index (Phi) is 6.08. The first-order chi connectivity index (χ1) is 14.9. The molecule has 1 aliphatic rings. The molecule has 0 aromatic heterocycles. The van der Waals surface area contributed by atoms with Gasteiger partial charge in [-0.2, -0.15) is 0 Å². The molecule has 0 bridgehead atoms. The van der Waals surface area contributed by atoms with Crippen LogP contribution in [0.25, 0.3) is 0 Å². The number of hydrogen-bond acceptors (Lipinski definition) is 4. The summed E-state index contributed by atoms with van der Waals surface area (Å²) in [5.41, 5.74) is 2.06. The van der Waals surface area contributed by atoms with E-state index in [9.17, 15) is 0 Å². The highest BCUT2D eigenvalue weighted by molar-refractivity contribution is 6.64. The molecule has 5 heteroatoms. The maximum absolute atomic E-state index is 6.35. The molecule has 0 radical (unpaired) electrons. The molecule has 3 aromatic rings. The summed E-state index contributed by atoms with van der Waals surface area (Å²) in [6.07, 6.45) is 0. The Morgan fingerprint density at radius 1 is 0.613 bits per heavy atom. The van der Waals surface area contributed by atoms with Crippen LogP contribution in [0.5, 0.6) is 11.5 Å². The van der Waals surface area contributed by atoms with Gasteiger partial charge in [0.15, 0.2) is 0 Å². The molecule has 3 aromatic carbocycles. The van der Waals surface area contributed by atoms with Crippen molar-refractivity contribution < 1.29 is 18.8 Å². The standard InChI is InChI=1S/C26H29BO4/c1-25(2)26(3,4)31-27(30-25)24-22(28-18-20-12-7-5-8-13-20)16-11-17-23(24)29-19-21-14-9-6-10-15-21/h5-17H,18-19H2,1-4H3. The predicted octanol–water partition coefficient (Wildman–Crippen LogP) is 5.14. The molecule has 0 atom stereocenters. The van der Waals surface area contributed by atoms with Crippen LogP contribution < -0.4 is 14.9 Å². The molecule has 1 saturated heterocycles. The van der Waals surface area contributed by atoms with Gasteiger partial charge in [-0.15, -0.1) is 0 Å². The van der Waals surface area contributed by atoms with Crippen LogP contribution in [0.3, 0.4) is 0 Å². The quantitative estimate of drug-likeness (QED) is 0.500. The van der Waals surface area contributed by atoms with Gasteiger partial charge in [0.2, 0.25) is 0 Å². The van der Waals surface area contributed by atoms with E-state index in [2.05, 4.69) is 0 Å². The third-order valence-electron chi connectivity index (χ3n) is 5.99. The third-order valence-corrected chi connectivity index (χ3v) is 5.99. The fourth-order valence-corrected chi connectivity index (χ4v) is 3.44. The average Bonchev–Trinajstić information content (AvgIpc) is 2.98. The van der Waals surface area contributed by atoms with Gasteiger partial charge in [0.05, 0.1) is 16.7 Å². The molecule has 0 amide bonds. The molecule has 0 spiro atoms. The molecule has 1 aliphatic heterocycles. The Hall–Kier alpha value is -2.76.